The van der Waals surface area contributed by atoms with Gasteiger partial charge in [-0.3, -0.25) is 4.79 Å². The molecule has 0 fully saturated rings. The smallest absolute Gasteiger partial charge is 0.379 e. The Morgan fingerprint density at radius 1 is 1.29 bits per heavy atom. The first-order valence-electron chi connectivity index (χ1n) is 4.76. The van der Waals surface area contributed by atoms with E-state index in [4.69, 9.17) is 4.74 Å². The first kappa shape index (κ1) is 13.1. The lowest BCUT2D eigenvalue weighted by Crippen LogP contribution is -2.20. The third kappa shape index (κ3) is 2.58. The molecule has 0 amide bonds. The average molecular weight is 244 g/mol. The van der Waals surface area contributed by atoms with Crippen molar-refractivity contribution in [3.8, 4) is 5.75 Å². The van der Waals surface area contributed by atoms with Crippen molar-refractivity contribution in [3.05, 3.63) is 29.3 Å². The lowest BCUT2D eigenvalue weighted by atomic mass is 10.1. The molecule has 0 N–H and O–H groups in total. The molecule has 0 aliphatic heterocycles. The van der Waals surface area contributed by atoms with Crippen LogP contribution in [-0.4, -0.2) is 25.5 Å². The molecule has 4 nitrogen and oxygen atoms in total. The van der Waals surface area contributed by atoms with Crippen molar-refractivity contribution in [1.29, 1.82) is 0 Å². The lowest BCUT2D eigenvalue weighted by Gasteiger charge is -2.08. The van der Waals surface area contributed by atoms with Crippen LogP contribution in [-0.2, 0) is 9.53 Å². The van der Waals surface area contributed by atoms with Gasteiger partial charge < -0.3 is 9.47 Å². The van der Waals surface area contributed by atoms with E-state index in [0.29, 0.717) is 0 Å². The molecule has 0 unspecified atom stereocenters. The molecule has 1 aromatic rings. The standard InChI is InChI=1S/C11H10F2O4/c1-3-17-11(15)10(14)8-7(16-2)5-4-6(12)9(8)13/h4-5H,3H2,1-2H3. The number of esters is 1. The highest BCUT2D eigenvalue weighted by atomic mass is 19.2. The zero-order valence-corrected chi connectivity index (χ0v) is 9.25. The van der Waals surface area contributed by atoms with Crippen molar-refractivity contribution in [2.75, 3.05) is 13.7 Å². The van der Waals surface area contributed by atoms with E-state index in [9.17, 15) is 18.4 Å². The minimum Gasteiger partial charge on any atom is -0.496 e. The van der Waals surface area contributed by atoms with E-state index < -0.39 is 29.0 Å². The number of hydrogen-bond acceptors (Lipinski definition) is 4. The fourth-order valence-corrected chi connectivity index (χ4v) is 1.21. The fourth-order valence-electron chi connectivity index (χ4n) is 1.21. The van der Waals surface area contributed by atoms with Crippen LogP contribution < -0.4 is 4.74 Å². The summed E-state index contributed by atoms with van der Waals surface area (Å²) >= 11 is 0. The highest BCUT2D eigenvalue weighted by molar-refractivity contribution is 6.41. The second-order valence-corrected chi connectivity index (χ2v) is 2.99. The molecule has 0 radical (unpaired) electrons. The maximum Gasteiger partial charge on any atom is 0.379 e. The van der Waals surface area contributed by atoms with Gasteiger partial charge in [0.25, 0.3) is 5.78 Å². The Morgan fingerprint density at radius 2 is 1.94 bits per heavy atom. The predicted octanol–water partition coefficient (Wildman–Crippen LogP) is 1.72. The number of halogens is 2. The molecular formula is C11H10F2O4. The van der Waals surface area contributed by atoms with Crippen LogP contribution in [0.25, 0.3) is 0 Å². The van der Waals surface area contributed by atoms with Crippen LogP contribution in [0.3, 0.4) is 0 Å². The van der Waals surface area contributed by atoms with Crippen molar-refractivity contribution in [2.24, 2.45) is 0 Å². The van der Waals surface area contributed by atoms with E-state index in [1.54, 1.807) is 0 Å². The molecule has 0 bridgehead atoms. The molecule has 17 heavy (non-hydrogen) atoms. The van der Waals surface area contributed by atoms with Gasteiger partial charge in [-0.25, -0.2) is 13.6 Å². The van der Waals surface area contributed by atoms with Crippen LogP contribution in [0.1, 0.15) is 17.3 Å². The van der Waals surface area contributed by atoms with Crippen LogP contribution in [0.15, 0.2) is 12.1 Å². The van der Waals surface area contributed by atoms with Gasteiger partial charge in [-0.15, -0.1) is 0 Å². The van der Waals surface area contributed by atoms with Gasteiger partial charge in [0.2, 0.25) is 0 Å². The summed E-state index contributed by atoms with van der Waals surface area (Å²) < 4.78 is 35.5. The van der Waals surface area contributed by atoms with Crippen molar-refractivity contribution < 1.29 is 27.8 Å². The summed E-state index contributed by atoms with van der Waals surface area (Å²) in [6.45, 7) is 1.45. The summed E-state index contributed by atoms with van der Waals surface area (Å²) in [6, 6.07) is 1.86. The Labute approximate surface area is 96.1 Å². The zero-order chi connectivity index (χ0) is 13.0. The van der Waals surface area contributed by atoms with Crippen LogP contribution in [0.5, 0.6) is 5.75 Å². The molecule has 0 atom stereocenters. The van der Waals surface area contributed by atoms with Crippen molar-refractivity contribution in [2.45, 2.75) is 6.92 Å². The van der Waals surface area contributed by atoms with Crippen molar-refractivity contribution in [3.63, 3.8) is 0 Å². The molecule has 0 heterocycles. The van der Waals surface area contributed by atoms with E-state index in [1.807, 2.05) is 0 Å². The van der Waals surface area contributed by atoms with Gasteiger partial charge in [0, 0.05) is 0 Å². The molecule has 0 saturated heterocycles. The van der Waals surface area contributed by atoms with Crippen LogP contribution in [0, 0.1) is 11.6 Å². The number of carbonyl (C=O) groups is 2. The fraction of sp³-hybridized carbons (Fsp3) is 0.273. The summed E-state index contributed by atoms with van der Waals surface area (Å²) in [5.41, 5.74) is -0.758. The largest absolute Gasteiger partial charge is 0.496 e. The number of Topliss-reactive ketones (excluding diaryl/α,β-unsaturated/α-hetero) is 1. The van der Waals surface area contributed by atoms with Crippen LogP contribution >= 0.6 is 0 Å². The van der Waals surface area contributed by atoms with Crippen molar-refractivity contribution >= 4 is 11.8 Å². The van der Waals surface area contributed by atoms with Gasteiger partial charge in [-0.2, -0.15) is 0 Å². The van der Waals surface area contributed by atoms with Gasteiger partial charge in [0.15, 0.2) is 11.6 Å². The maximum absolute atomic E-state index is 13.4. The van der Waals surface area contributed by atoms with E-state index in [0.717, 1.165) is 12.1 Å². The average Bonchev–Trinajstić information content (AvgIpc) is 2.32. The van der Waals surface area contributed by atoms with Gasteiger partial charge >= 0.3 is 5.97 Å². The van der Waals surface area contributed by atoms with Gasteiger partial charge in [0.1, 0.15) is 11.3 Å². The molecule has 1 rings (SSSR count). The highest BCUT2D eigenvalue weighted by Crippen LogP contribution is 2.24. The Hall–Kier alpha value is -1.98. The summed E-state index contributed by atoms with van der Waals surface area (Å²) in [4.78, 5) is 22.7. The summed E-state index contributed by atoms with van der Waals surface area (Å²) in [6.07, 6.45) is 0. The van der Waals surface area contributed by atoms with Gasteiger partial charge in [0.05, 0.1) is 13.7 Å². The van der Waals surface area contributed by atoms with Gasteiger partial charge in [-0.05, 0) is 19.1 Å². The van der Waals surface area contributed by atoms with E-state index in [-0.39, 0.29) is 12.4 Å². The molecule has 0 aliphatic carbocycles. The van der Waals surface area contributed by atoms with Crippen LogP contribution in [0.2, 0.25) is 0 Å². The number of ether oxygens (including phenoxy) is 2. The number of methoxy groups -OCH3 is 1. The lowest BCUT2D eigenvalue weighted by molar-refractivity contribution is -0.137. The topological polar surface area (TPSA) is 52.6 Å². The molecular weight excluding hydrogens is 234 g/mol. The first-order valence-corrected chi connectivity index (χ1v) is 4.76. The van der Waals surface area contributed by atoms with E-state index in [2.05, 4.69) is 4.74 Å². The normalized spacial score (nSPS) is 9.88. The second kappa shape index (κ2) is 5.38. The number of hydrogen-bond donors (Lipinski definition) is 0. The summed E-state index contributed by atoms with van der Waals surface area (Å²) in [5.74, 6) is -5.42. The van der Waals surface area contributed by atoms with Gasteiger partial charge in [-0.1, -0.05) is 0 Å². The number of rotatable bonds is 4. The van der Waals surface area contributed by atoms with Crippen molar-refractivity contribution in [1.82, 2.24) is 0 Å². The quantitative estimate of drug-likeness (QED) is 0.459. The maximum atomic E-state index is 13.4. The molecule has 0 saturated carbocycles. The Balaban J connectivity index is 3.24. The minimum absolute atomic E-state index is 0.0379. The van der Waals surface area contributed by atoms with E-state index >= 15 is 0 Å². The predicted molar refractivity (Wildman–Crippen MR) is 53.9 cm³/mol. The molecule has 1 aromatic carbocycles. The Kier molecular flexibility index (Phi) is 4.14. The third-order valence-electron chi connectivity index (χ3n) is 1.96. The third-order valence-corrected chi connectivity index (χ3v) is 1.96. The second-order valence-electron chi connectivity index (χ2n) is 2.99. The zero-order valence-electron chi connectivity index (χ0n) is 9.25. The molecule has 92 valence electrons. The number of benzene rings is 1. The Morgan fingerprint density at radius 3 is 2.47 bits per heavy atom. The molecule has 0 spiro atoms. The first-order chi connectivity index (χ1) is 8.02. The Bertz CT molecular complexity index is 457. The number of ketones is 1. The SMILES string of the molecule is CCOC(=O)C(=O)c1c(OC)ccc(F)c1F. The highest BCUT2D eigenvalue weighted by Gasteiger charge is 2.27. The summed E-state index contributed by atoms with van der Waals surface area (Å²) in [5, 5.41) is 0. The van der Waals surface area contributed by atoms with Crippen LogP contribution in [0.4, 0.5) is 8.78 Å². The molecule has 0 aliphatic rings. The minimum atomic E-state index is -1.43. The number of carbonyl (C=O) groups excluding carboxylic acids is 2. The molecule has 6 heteroatoms. The summed E-state index contributed by atoms with van der Waals surface area (Å²) in [7, 11) is 1.18. The van der Waals surface area contributed by atoms with E-state index in [1.165, 1.54) is 14.0 Å². The monoisotopic (exact) mass is 244 g/mol. The molecule has 0 aromatic heterocycles.